The molecule has 0 saturated carbocycles. The Balaban J connectivity index is 2.76. The van der Waals surface area contributed by atoms with Crippen molar-refractivity contribution in [2.75, 3.05) is 24.7 Å². The molecule has 0 aliphatic rings. The van der Waals surface area contributed by atoms with Crippen LogP contribution in [0.5, 0.6) is 0 Å². The first kappa shape index (κ1) is 17.8. The number of rotatable bonds is 8. The van der Waals surface area contributed by atoms with Gasteiger partial charge in [0, 0.05) is 35.8 Å². The molecule has 1 N–H and O–H groups in total. The molecule has 2 atom stereocenters. The molecule has 118 valence electrons. The van der Waals surface area contributed by atoms with Crippen LogP contribution in [0.25, 0.3) is 0 Å². The van der Waals surface area contributed by atoms with Crippen molar-refractivity contribution in [1.29, 1.82) is 0 Å². The number of hydrogen-bond acceptors (Lipinski definition) is 7. The molecule has 1 aromatic rings. The quantitative estimate of drug-likeness (QED) is 0.579. The number of aromatic nitrogens is 1. The van der Waals surface area contributed by atoms with Crippen molar-refractivity contribution in [3.05, 3.63) is 10.6 Å². The van der Waals surface area contributed by atoms with E-state index in [4.69, 9.17) is 4.74 Å². The number of carbonyl (C=O) groups is 2. The number of carbonyl (C=O) groups excluding carboxylic acids is 2. The van der Waals surface area contributed by atoms with E-state index in [1.165, 1.54) is 6.92 Å². The van der Waals surface area contributed by atoms with Gasteiger partial charge in [0.05, 0.1) is 6.61 Å². The number of nitrogens with one attached hydrogen (secondary N) is 1. The van der Waals surface area contributed by atoms with E-state index < -0.39 is 16.8 Å². The van der Waals surface area contributed by atoms with Gasteiger partial charge in [0.1, 0.15) is 4.88 Å². The number of Topliss-reactive ketones (excluding diaryl/α,β-unsaturated/α-hetero) is 1. The second-order valence-corrected chi connectivity index (χ2v) is 7.30. The van der Waals surface area contributed by atoms with Crippen molar-refractivity contribution in [3.63, 3.8) is 0 Å². The maximum Gasteiger partial charge on any atom is 0.358 e. The third-order valence-electron chi connectivity index (χ3n) is 2.81. The molecule has 1 heterocycles. The van der Waals surface area contributed by atoms with Crippen LogP contribution in [0.1, 0.15) is 47.4 Å². The lowest BCUT2D eigenvalue weighted by molar-refractivity contribution is 0.0517. The number of thiazole rings is 1. The highest BCUT2D eigenvalue weighted by atomic mass is 32.2. The molecule has 2 unspecified atom stereocenters. The van der Waals surface area contributed by atoms with Crippen LogP contribution in [0.4, 0.5) is 5.13 Å². The van der Waals surface area contributed by atoms with Gasteiger partial charge in [0.2, 0.25) is 0 Å². The zero-order valence-corrected chi connectivity index (χ0v) is 14.2. The van der Waals surface area contributed by atoms with E-state index in [0.717, 1.165) is 11.3 Å². The third-order valence-corrected chi connectivity index (χ3v) is 5.29. The van der Waals surface area contributed by atoms with Crippen LogP contribution in [-0.2, 0) is 15.5 Å². The molecule has 0 bridgehead atoms. The zero-order valence-electron chi connectivity index (χ0n) is 12.6. The Hall–Kier alpha value is -1.28. The fraction of sp³-hybridized carbons (Fsp3) is 0.615. The van der Waals surface area contributed by atoms with Crippen molar-refractivity contribution in [1.82, 2.24) is 4.98 Å². The summed E-state index contributed by atoms with van der Waals surface area (Å²) < 4.78 is 16.2. The number of anilines is 1. The minimum absolute atomic E-state index is 0.0592. The molecule has 0 radical (unpaired) electrons. The van der Waals surface area contributed by atoms with E-state index in [0.29, 0.717) is 23.0 Å². The predicted molar refractivity (Wildman–Crippen MR) is 84.7 cm³/mol. The van der Waals surface area contributed by atoms with Gasteiger partial charge in [0.25, 0.3) is 0 Å². The molecule has 21 heavy (non-hydrogen) atoms. The summed E-state index contributed by atoms with van der Waals surface area (Å²) in [6.45, 7) is 5.81. The number of ether oxygens (including phenoxy) is 1. The Morgan fingerprint density at radius 3 is 2.67 bits per heavy atom. The van der Waals surface area contributed by atoms with E-state index in [9.17, 15) is 13.8 Å². The summed E-state index contributed by atoms with van der Waals surface area (Å²) in [4.78, 5) is 27.7. The smallest absolute Gasteiger partial charge is 0.358 e. The maximum atomic E-state index is 11.8. The highest BCUT2D eigenvalue weighted by molar-refractivity contribution is 7.84. The largest absolute Gasteiger partial charge is 0.461 e. The van der Waals surface area contributed by atoms with Crippen molar-refractivity contribution in [2.24, 2.45) is 0 Å². The third kappa shape index (κ3) is 5.20. The lowest BCUT2D eigenvalue weighted by atomic mass is 10.3. The first-order valence-electron chi connectivity index (χ1n) is 6.61. The van der Waals surface area contributed by atoms with Gasteiger partial charge in [-0.15, -0.1) is 0 Å². The molecule has 6 nitrogen and oxygen atoms in total. The van der Waals surface area contributed by atoms with Crippen LogP contribution in [0.2, 0.25) is 0 Å². The van der Waals surface area contributed by atoms with Gasteiger partial charge >= 0.3 is 5.97 Å². The van der Waals surface area contributed by atoms with Gasteiger partial charge in [-0.3, -0.25) is 9.00 Å². The second-order valence-electron chi connectivity index (χ2n) is 4.50. The van der Waals surface area contributed by atoms with Crippen LogP contribution < -0.4 is 5.32 Å². The molecule has 0 aromatic carbocycles. The maximum absolute atomic E-state index is 11.8. The SMILES string of the molecule is CCOC(=O)c1nc(NCCC(C)S(C)=O)sc1C(C)=O. The van der Waals surface area contributed by atoms with Crippen molar-refractivity contribution >= 4 is 39.0 Å². The van der Waals surface area contributed by atoms with Gasteiger partial charge in [0.15, 0.2) is 16.6 Å². The first-order chi connectivity index (χ1) is 9.86. The minimum atomic E-state index is -0.870. The molecule has 0 aliphatic heterocycles. The molecule has 0 fully saturated rings. The summed E-state index contributed by atoms with van der Waals surface area (Å²) in [7, 11) is -0.870. The fourth-order valence-electron chi connectivity index (χ4n) is 1.52. The average molecular weight is 332 g/mol. The van der Waals surface area contributed by atoms with Crippen LogP contribution in [0.3, 0.4) is 0 Å². The normalized spacial score (nSPS) is 13.5. The Morgan fingerprint density at radius 1 is 1.48 bits per heavy atom. The van der Waals surface area contributed by atoms with Gasteiger partial charge in [-0.1, -0.05) is 18.3 Å². The first-order valence-corrected chi connectivity index (χ1v) is 9.05. The monoisotopic (exact) mass is 332 g/mol. The fourth-order valence-corrected chi connectivity index (χ4v) is 2.84. The van der Waals surface area contributed by atoms with Gasteiger partial charge in [-0.05, 0) is 13.3 Å². The van der Waals surface area contributed by atoms with Crippen LogP contribution in [-0.4, -0.2) is 45.6 Å². The summed E-state index contributed by atoms with van der Waals surface area (Å²) in [5.74, 6) is -0.804. The zero-order chi connectivity index (χ0) is 16.0. The average Bonchev–Trinajstić information content (AvgIpc) is 2.83. The van der Waals surface area contributed by atoms with E-state index in [1.54, 1.807) is 13.2 Å². The van der Waals surface area contributed by atoms with Crippen molar-refractivity contribution in [2.45, 2.75) is 32.4 Å². The van der Waals surface area contributed by atoms with Crippen molar-refractivity contribution in [3.8, 4) is 0 Å². The van der Waals surface area contributed by atoms with Gasteiger partial charge < -0.3 is 10.1 Å². The molecule has 1 aromatic heterocycles. The lowest BCUT2D eigenvalue weighted by Crippen LogP contribution is -2.15. The van der Waals surface area contributed by atoms with Crippen LogP contribution in [0, 0.1) is 0 Å². The summed E-state index contributed by atoms with van der Waals surface area (Å²) in [5.41, 5.74) is 0.0592. The molecule has 1 rings (SSSR count). The molecular formula is C13H20N2O4S2. The van der Waals surface area contributed by atoms with Crippen molar-refractivity contribution < 1.29 is 18.5 Å². The molecule has 0 spiro atoms. The minimum Gasteiger partial charge on any atom is -0.461 e. The van der Waals surface area contributed by atoms with E-state index >= 15 is 0 Å². The van der Waals surface area contributed by atoms with E-state index in [2.05, 4.69) is 10.3 Å². The van der Waals surface area contributed by atoms with E-state index in [-0.39, 0.29) is 23.3 Å². The standard InChI is InChI=1S/C13H20N2O4S2/c1-5-19-12(17)10-11(9(3)16)20-13(15-10)14-7-6-8(2)21(4)18/h8H,5-7H2,1-4H3,(H,14,15). The van der Waals surface area contributed by atoms with Crippen LogP contribution in [0.15, 0.2) is 0 Å². The molecule has 0 amide bonds. The number of nitrogens with zero attached hydrogens (tertiary/aromatic N) is 1. The Bertz CT molecular complexity index is 542. The topological polar surface area (TPSA) is 85.4 Å². The highest BCUT2D eigenvalue weighted by Crippen LogP contribution is 2.24. The number of hydrogen-bond donors (Lipinski definition) is 1. The Labute approximate surface area is 130 Å². The molecular weight excluding hydrogens is 312 g/mol. The number of esters is 1. The summed E-state index contributed by atoms with van der Waals surface area (Å²) in [6.07, 6.45) is 2.38. The summed E-state index contributed by atoms with van der Waals surface area (Å²) >= 11 is 1.13. The molecule has 0 aliphatic carbocycles. The summed E-state index contributed by atoms with van der Waals surface area (Å²) in [5, 5.41) is 3.63. The van der Waals surface area contributed by atoms with E-state index in [1.807, 2.05) is 6.92 Å². The Kier molecular flexibility index (Phi) is 6.97. The molecule has 0 saturated heterocycles. The Morgan fingerprint density at radius 2 is 2.14 bits per heavy atom. The summed E-state index contributed by atoms with van der Waals surface area (Å²) in [6, 6.07) is 0. The lowest BCUT2D eigenvalue weighted by Gasteiger charge is -2.07. The van der Waals surface area contributed by atoms with Crippen LogP contribution >= 0.6 is 11.3 Å². The second kappa shape index (κ2) is 8.23. The predicted octanol–water partition coefficient (Wildman–Crippen LogP) is 2.09. The van der Waals surface area contributed by atoms with Gasteiger partial charge in [-0.25, -0.2) is 9.78 Å². The van der Waals surface area contributed by atoms with Gasteiger partial charge in [-0.2, -0.15) is 0 Å². The molecule has 8 heteroatoms. The highest BCUT2D eigenvalue weighted by Gasteiger charge is 2.22. The number of ketones is 1.